The molecule has 0 bridgehead atoms. The van der Waals surface area contributed by atoms with Crippen LogP contribution in [0.1, 0.15) is 34.1 Å². The molecular formula is C20H36O9. The molecule has 29 heavy (non-hydrogen) atoms. The number of esters is 2. The van der Waals surface area contributed by atoms with Crippen LogP contribution in [0.3, 0.4) is 0 Å². The molecule has 0 aliphatic rings. The fourth-order valence-electron chi connectivity index (χ4n) is 2.79. The summed E-state index contributed by atoms with van der Waals surface area (Å²) in [4.78, 5) is 24.6. The molecule has 0 heterocycles. The van der Waals surface area contributed by atoms with Gasteiger partial charge in [-0.25, -0.2) is 4.79 Å². The molecule has 0 fully saturated rings. The van der Waals surface area contributed by atoms with Crippen LogP contribution in [0.5, 0.6) is 0 Å². The standard InChI is InChI=1S/C20H36O9/c1-6-26-18(28-11-8-22)16(13-14(2)17(24)27-10-7-21)15(3)20(4,5)19(25)29-12-9-23/h15-16,18,21-23H,2,6-13H2,1,3-5H3. The van der Waals surface area contributed by atoms with Crippen LogP contribution in [0.4, 0.5) is 0 Å². The molecule has 9 nitrogen and oxygen atoms in total. The first-order valence-electron chi connectivity index (χ1n) is 9.75. The minimum atomic E-state index is -0.993. The summed E-state index contributed by atoms with van der Waals surface area (Å²) in [6.45, 7) is 10.0. The molecule has 0 aromatic carbocycles. The lowest BCUT2D eigenvalue weighted by Gasteiger charge is -2.39. The normalized spacial score (nSPS) is 14.7. The van der Waals surface area contributed by atoms with Crippen LogP contribution in [0.2, 0.25) is 0 Å². The second-order valence-corrected chi connectivity index (χ2v) is 7.12. The predicted molar refractivity (Wildman–Crippen MR) is 105 cm³/mol. The zero-order chi connectivity index (χ0) is 22.4. The van der Waals surface area contributed by atoms with Gasteiger partial charge in [-0.15, -0.1) is 0 Å². The van der Waals surface area contributed by atoms with Gasteiger partial charge in [-0.1, -0.05) is 13.5 Å². The van der Waals surface area contributed by atoms with Crippen molar-refractivity contribution >= 4 is 11.9 Å². The maximum absolute atomic E-state index is 12.5. The van der Waals surface area contributed by atoms with Gasteiger partial charge in [0, 0.05) is 18.1 Å². The number of carbonyl (C=O) groups is 2. The van der Waals surface area contributed by atoms with Gasteiger partial charge in [0.2, 0.25) is 0 Å². The van der Waals surface area contributed by atoms with E-state index < -0.39 is 35.5 Å². The summed E-state index contributed by atoms with van der Waals surface area (Å²) in [5.74, 6) is -2.05. The number of rotatable bonds is 16. The topological polar surface area (TPSA) is 132 Å². The molecule has 0 aliphatic heterocycles. The third-order valence-electron chi connectivity index (χ3n) is 4.78. The molecule has 0 aromatic heterocycles. The highest BCUT2D eigenvalue weighted by molar-refractivity contribution is 5.87. The Morgan fingerprint density at radius 1 is 0.966 bits per heavy atom. The average molecular weight is 420 g/mol. The molecule has 0 aromatic rings. The highest BCUT2D eigenvalue weighted by atomic mass is 16.7. The lowest BCUT2D eigenvalue weighted by molar-refractivity contribution is -0.195. The van der Waals surface area contributed by atoms with E-state index in [1.165, 1.54) is 0 Å². The third kappa shape index (κ3) is 9.22. The fraction of sp³-hybridized carbons (Fsp3) is 0.800. The maximum atomic E-state index is 12.5. The van der Waals surface area contributed by atoms with Gasteiger partial charge >= 0.3 is 11.9 Å². The van der Waals surface area contributed by atoms with Gasteiger partial charge in [0.15, 0.2) is 6.29 Å². The zero-order valence-electron chi connectivity index (χ0n) is 17.9. The van der Waals surface area contributed by atoms with Crippen molar-refractivity contribution in [1.82, 2.24) is 0 Å². The molecule has 3 atom stereocenters. The minimum Gasteiger partial charge on any atom is -0.463 e. The van der Waals surface area contributed by atoms with Crippen molar-refractivity contribution < 1.29 is 43.9 Å². The molecule has 0 spiro atoms. The van der Waals surface area contributed by atoms with Gasteiger partial charge in [-0.05, 0) is 33.1 Å². The maximum Gasteiger partial charge on any atom is 0.333 e. The highest BCUT2D eigenvalue weighted by Gasteiger charge is 2.43. The quantitative estimate of drug-likeness (QED) is 0.187. The Morgan fingerprint density at radius 2 is 1.52 bits per heavy atom. The van der Waals surface area contributed by atoms with E-state index in [1.807, 2.05) is 6.92 Å². The van der Waals surface area contributed by atoms with Crippen molar-refractivity contribution in [3.8, 4) is 0 Å². The Labute approximate surface area is 172 Å². The largest absolute Gasteiger partial charge is 0.463 e. The molecular weight excluding hydrogens is 384 g/mol. The van der Waals surface area contributed by atoms with Crippen molar-refractivity contribution in [2.45, 2.75) is 40.4 Å². The Kier molecular flexibility index (Phi) is 13.7. The Morgan fingerprint density at radius 3 is 2.03 bits per heavy atom. The second-order valence-electron chi connectivity index (χ2n) is 7.12. The van der Waals surface area contributed by atoms with Crippen LogP contribution in [-0.2, 0) is 28.5 Å². The van der Waals surface area contributed by atoms with Crippen molar-refractivity contribution in [3.63, 3.8) is 0 Å². The van der Waals surface area contributed by atoms with Gasteiger partial charge in [0.25, 0.3) is 0 Å². The molecule has 0 rings (SSSR count). The van der Waals surface area contributed by atoms with Gasteiger partial charge in [0.05, 0.1) is 31.8 Å². The average Bonchev–Trinajstić information content (AvgIpc) is 2.70. The van der Waals surface area contributed by atoms with E-state index in [0.717, 1.165) is 0 Å². The SMILES string of the molecule is C=C(CC(C(OCC)OCCO)C(C)C(C)(C)C(=O)OCCO)C(=O)OCCO. The van der Waals surface area contributed by atoms with E-state index in [4.69, 9.17) is 34.3 Å². The van der Waals surface area contributed by atoms with Crippen molar-refractivity contribution in [2.24, 2.45) is 17.3 Å². The molecule has 170 valence electrons. The lowest BCUT2D eigenvalue weighted by atomic mass is 9.70. The van der Waals surface area contributed by atoms with Crippen LogP contribution >= 0.6 is 0 Å². The van der Waals surface area contributed by atoms with Crippen molar-refractivity contribution in [1.29, 1.82) is 0 Å². The Balaban J connectivity index is 5.65. The number of hydrogen-bond donors (Lipinski definition) is 3. The molecule has 0 aliphatic carbocycles. The van der Waals surface area contributed by atoms with Crippen LogP contribution in [0, 0.1) is 17.3 Å². The third-order valence-corrected chi connectivity index (χ3v) is 4.78. The van der Waals surface area contributed by atoms with E-state index in [-0.39, 0.29) is 51.6 Å². The predicted octanol–water partition coefficient (Wildman–Crippen LogP) is 0.654. The van der Waals surface area contributed by atoms with Crippen LogP contribution in [0.15, 0.2) is 12.2 Å². The molecule has 3 unspecified atom stereocenters. The first-order valence-corrected chi connectivity index (χ1v) is 9.75. The Bertz CT molecular complexity index is 504. The zero-order valence-corrected chi connectivity index (χ0v) is 17.9. The summed E-state index contributed by atoms with van der Waals surface area (Å²) in [6, 6.07) is 0. The van der Waals surface area contributed by atoms with E-state index in [1.54, 1.807) is 20.8 Å². The summed E-state index contributed by atoms with van der Waals surface area (Å²) in [5.41, 5.74) is -0.848. The minimum absolute atomic E-state index is 0.0186. The number of hydrogen-bond acceptors (Lipinski definition) is 9. The molecule has 0 saturated heterocycles. The van der Waals surface area contributed by atoms with E-state index in [9.17, 15) is 9.59 Å². The molecule has 3 N–H and O–H groups in total. The Hall–Kier alpha value is -1.52. The lowest BCUT2D eigenvalue weighted by Crippen LogP contribution is -2.43. The van der Waals surface area contributed by atoms with Crippen LogP contribution in [-0.4, -0.2) is 79.8 Å². The van der Waals surface area contributed by atoms with Gasteiger partial charge in [-0.3, -0.25) is 4.79 Å². The van der Waals surface area contributed by atoms with E-state index in [0.29, 0.717) is 6.61 Å². The fourth-order valence-corrected chi connectivity index (χ4v) is 2.79. The monoisotopic (exact) mass is 420 g/mol. The van der Waals surface area contributed by atoms with E-state index in [2.05, 4.69) is 6.58 Å². The highest BCUT2D eigenvalue weighted by Crippen LogP contribution is 2.39. The summed E-state index contributed by atoms with van der Waals surface area (Å²) >= 11 is 0. The van der Waals surface area contributed by atoms with Gasteiger partial charge < -0.3 is 34.3 Å². The summed E-state index contributed by atoms with van der Waals surface area (Å²) in [6.07, 6.45) is -0.701. The number of aliphatic hydroxyl groups is 3. The van der Waals surface area contributed by atoms with E-state index >= 15 is 0 Å². The first kappa shape index (κ1) is 27.5. The number of carbonyl (C=O) groups excluding carboxylic acids is 2. The van der Waals surface area contributed by atoms with Gasteiger partial charge in [-0.2, -0.15) is 0 Å². The van der Waals surface area contributed by atoms with Crippen molar-refractivity contribution in [3.05, 3.63) is 12.2 Å². The number of ether oxygens (including phenoxy) is 4. The smallest absolute Gasteiger partial charge is 0.333 e. The molecule has 9 heteroatoms. The van der Waals surface area contributed by atoms with Crippen molar-refractivity contribution in [2.75, 3.05) is 46.2 Å². The molecule has 0 amide bonds. The summed E-state index contributed by atoms with van der Waals surface area (Å²) in [7, 11) is 0. The number of aliphatic hydroxyl groups excluding tert-OH is 3. The van der Waals surface area contributed by atoms with Crippen LogP contribution < -0.4 is 0 Å². The second kappa shape index (κ2) is 14.5. The van der Waals surface area contributed by atoms with Crippen LogP contribution in [0.25, 0.3) is 0 Å². The molecule has 0 radical (unpaired) electrons. The first-order chi connectivity index (χ1) is 13.7. The summed E-state index contributed by atoms with van der Waals surface area (Å²) in [5, 5.41) is 26.9. The molecule has 0 saturated carbocycles. The summed E-state index contributed by atoms with van der Waals surface area (Å²) < 4.78 is 21.3. The van der Waals surface area contributed by atoms with Gasteiger partial charge in [0.1, 0.15) is 13.2 Å².